The van der Waals surface area contributed by atoms with Crippen molar-refractivity contribution in [1.82, 2.24) is 9.62 Å². The molecule has 6 nitrogen and oxygen atoms in total. The fourth-order valence-electron chi connectivity index (χ4n) is 3.66. The van der Waals surface area contributed by atoms with Crippen LogP contribution in [0.25, 0.3) is 0 Å². The molecule has 0 aliphatic carbocycles. The Labute approximate surface area is 156 Å². The van der Waals surface area contributed by atoms with E-state index in [4.69, 9.17) is 4.74 Å². The van der Waals surface area contributed by atoms with E-state index in [0.29, 0.717) is 32.5 Å². The zero-order chi connectivity index (χ0) is 18.6. The molecule has 2 aliphatic heterocycles. The average Bonchev–Trinajstić information content (AvgIpc) is 3.13. The maximum Gasteiger partial charge on any atom is 0.223 e. The highest BCUT2D eigenvalue weighted by atomic mass is 32.2. The molecule has 0 spiro atoms. The summed E-state index contributed by atoms with van der Waals surface area (Å²) in [6.45, 7) is 4.11. The molecular weight excluding hydrogens is 352 g/mol. The molecule has 1 aromatic carbocycles. The van der Waals surface area contributed by atoms with Crippen LogP contribution in [0.15, 0.2) is 24.3 Å². The van der Waals surface area contributed by atoms with Crippen LogP contribution in [0.2, 0.25) is 0 Å². The Kier molecular flexibility index (Phi) is 6.32. The molecule has 2 heterocycles. The van der Waals surface area contributed by atoms with E-state index in [1.807, 2.05) is 31.2 Å². The summed E-state index contributed by atoms with van der Waals surface area (Å²) in [5, 5.41) is 2.96. The van der Waals surface area contributed by atoms with Gasteiger partial charge < -0.3 is 10.1 Å². The van der Waals surface area contributed by atoms with E-state index in [9.17, 15) is 13.2 Å². The summed E-state index contributed by atoms with van der Waals surface area (Å²) in [6.07, 6.45) is 3.33. The Hall–Kier alpha value is -1.44. The van der Waals surface area contributed by atoms with Gasteiger partial charge in [0.05, 0.1) is 11.9 Å². The van der Waals surface area contributed by atoms with Gasteiger partial charge in [-0.1, -0.05) is 29.8 Å². The number of nitrogens with one attached hydrogen (secondary N) is 1. The van der Waals surface area contributed by atoms with Gasteiger partial charge in [0.1, 0.15) is 0 Å². The van der Waals surface area contributed by atoms with Crippen LogP contribution in [-0.4, -0.2) is 51.0 Å². The minimum Gasteiger partial charge on any atom is -0.376 e. The molecule has 0 saturated carbocycles. The molecule has 1 amide bonds. The van der Waals surface area contributed by atoms with Crippen LogP contribution in [-0.2, 0) is 25.3 Å². The van der Waals surface area contributed by atoms with Gasteiger partial charge in [-0.25, -0.2) is 12.7 Å². The quantitative estimate of drug-likeness (QED) is 0.817. The Balaban J connectivity index is 1.48. The minimum absolute atomic E-state index is 0.0184. The molecule has 1 atom stereocenters. The Bertz CT molecular complexity index is 721. The molecule has 0 aromatic heterocycles. The number of benzene rings is 1. The molecule has 3 rings (SSSR count). The highest BCUT2D eigenvalue weighted by molar-refractivity contribution is 7.88. The summed E-state index contributed by atoms with van der Waals surface area (Å²) in [5.41, 5.74) is 1.86. The number of amides is 1. The van der Waals surface area contributed by atoms with E-state index in [-0.39, 0.29) is 23.7 Å². The summed E-state index contributed by atoms with van der Waals surface area (Å²) in [4.78, 5) is 12.3. The van der Waals surface area contributed by atoms with Gasteiger partial charge in [0.25, 0.3) is 0 Å². The highest BCUT2D eigenvalue weighted by Gasteiger charge is 2.31. The second-order valence-corrected chi connectivity index (χ2v) is 9.27. The first kappa shape index (κ1) is 19.3. The molecule has 0 bridgehead atoms. The smallest absolute Gasteiger partial charge is 0.223 e. The lowest BCUT2D eigenvalue weighted by molar-refractivity contribution is -0.126. The number of ether oxygens (including phenoxy) is 1. The predicted molar refractivity (Wildman–Crippen MR) is 100 cm³/mol. The third kappa shape index (κ3) is 5.05. The predicted octanol–water partition coefficient (Wildman–Crippen LogP) is 1.83. The molecule has 7 heteroatoms. The van der Waals surface area contributed by atoms with E-state index >= 15 is 0 Å². The zero-order valence-electron chi connectivity index (χ0n) is 15.3. The van der Waals surface area contributed by atoms with E-state index in [2.05, 4.69) is 5.32 Å². The average molecular weight is 381 g/mol. The summed E-state index contributed by atoms with van der Waals surface area (Å²) in [7, 11) is -3.35. The molecule has 0 radical (unpaired) electrons. The van der Waals surface area contributed by atoms with Crippen LogP contribution in [0.5, 0.6) is 0 Å². The molecule has 2 fully saturated rings. The van der Waals surface area contributed by atoms with Crippen LogP contribution in [0.4, 0.5) is 0 Å². The second kappa shape index (κ2) is 8.50. The second-order valence-electron chi connectivity index (χ2n) is 7.30. The van der Waals surface area contributed by atoms with Crippen molar-refractivity contribution in [3.8, 4) is 0 Å². The van der Waals surface area contributed by atoms with Crippen molar-refractivity contribution in [3.05, 3.63) is 35.4 Å². The van der Waals surface area contributed by atoms with Gasteiger partial charge >= 0.3 is 0 Å². The number of hydrogen-bond acceptors (Lipinski definition) is 4. The maximum atomic E-state index is 12.7. The SMILES string of the molecule is Cc1cccc(CS(=O)(=O)N2CCC(C(=O)NC[C@@H]3CCCO3)CC2)c1. The monoisotopic (exact) mass is 380 g/mol. The lowest BCUT2D eigenvalue weighted by Gasteiger charge is -2.30. The van der Waals surface area contributed by atoms with Gasteiger partial charge in [0, 0.05) is 32.2 Å². The molecule has 1 N–H and O–H groups in total. The van der Waals surface area contributed by atoms with Crippen molar-refractivity contribution in [1.29, 1.82) is 0 Å². The first-order chi connectivity index (χ1) is 12.4. The van der Waals surface area contributed by atoms with Crippen LogP contribution < -0.4 is 5.32 Å². The van der Waals surface area contributed by atoms with Crippen molar-refractivity contribution in [3.63, 3.8) is 0 Å². The number of nitrogens with zero attached hydrogens (tertiary/aromatic N) is 1. The standard InChI is InChI=1S/C19H28N2O4S/c1-15-4-2-5-16(12-15)14-26(23,24)21-9-7-17(8-10-21)19(22)20-13-18-6-3-11-25-18/h2,4-5,12,17-18H,3,6-11,13-14H2,1H3,(H,20,22)/t18-/m0/s1. The maximum absolute atomic E-state index is 12.7. The molecule has 2 aliphatic rings. The lowest BCUT2D eigenvalue weighted by atomic mass is 9.97. The van der Waals surface area contributed by atoms with E-state index in [0.717, 1.165) is 30.6 Å². The van der Waals surface area contributed by atoms with Gasteiger partial charge in [0.2, 0.25) is 15.9 Å². The molecule has 0 unspecified atom stereocenters. The van der Waals surface area contributed by atoms with Crippen molar-refractivity contribution < 1.29 is 17.9 Å². The van der Waals surface area contributed by atoms with Gasteiger partial charge in [-0.15, -0.1) is 0 Å². The minimum atomic E-state index is -3.35. The van der Waals surface area contributed by atoms with Gasteiger partial charge in [-0.05, 0) is 38.2 Å². The third-order valence-electron chi connectivity index (χ3n) is 5.18. The first-order valence-electron chi connectivity index (χ1n) is 9.37. The van der Waals surface area contributed by atoms with Crippen molar-refractivity contribution in [2.75, 3.05) is 26.2 Å². The van der Waals surface area contributed by atoms with Crippen LogP contribution >= 0.6 is 0 Å². The fraction of sp³-hybridized carbons (Fsp3) is 0.632. The van der Waals surface area contributed by atoms with Crippen molar-refractivity contribution >= 4 is 15.9 Å². The number of carbonyl (C=O) groups is 1. The van der Waals surface area contributed by atoms with Gasteiger partial charge in [-0.3, -0.25) is 4.79 Å². The summed E-state index contributed by atoms with van der Waals surface area (Å²) >= 11 is 0. The molecule has 2 saturated heterocycles. The van der Waals surface area contributed by atoms with E-state index in [1.54, 1.807) is 0 Å². The number of rotatable bonds is 6. The van der Waals surface area contributed by atoms with Crippen molar-refractivity contribution in [2.45, 2.75) is 44.5 Å². The third-order valence-corrected chi connectivity index (χ3v) is 7.03. The topological polar surface area (TPSA) is 75.7 Å². The summed E-state index contributed by atoms with van der Waals surface area (Å²) < 4.78 is 32.3. The first-order valence-corrected chi connectivity index (χ1v) is 11.0. The number of sulfonamides is 1. The fourth-order valence-corrected chi connectivity index (χ4v) is 5.21. The Morgan fingerprint density at radius 2 is 2.04 bits per heavy atom. The van der Waals surface area contributed by atoms with Crippen molar-refractivity contribution in [2.24, 2.45) is 5.92 Å². The largest absolute Gasteiger partial charge is 0.376 e. The Morgan fingerprint density at radius 1 is 1.27 bits per heavy atom. The van der Waals surface area contributed by atoms with Crippen LogP contribution in [0, 0.1) is 12.8 Å². The Morgan fingerprint density at radius 3 is 2.69 bits per heavy atom. The number of aryl methyl sites for hydroxylation is 1. The van der Waals surface area contributed by atoms with Crippen LogP contribution in [0.1, 0.15) is 36.8 Å². The molecule has 144 valence electrons. The van der Waals surface area contributed by atoms with Gasteiger partial charge in [-0.2, -0.15) is 0 Å². The molecule has 26 heavy (non-hydrogen) atoms. The lowest BCUT2D eigenvalue weighted by Crippen LogP contribution is -2.44. The van der Waals surface area contributed by atoms with E-state index in [1.165, 1.54) is 4.31 Å². The summed E-state index contributed by atoms with van der Waals surface area (Å²) in [5.74, 6) is -0.0667. The van der Waals surface area contributed by atoms with Crippen LogP contribution in [0.3, 0.4) is 0 Å². The van der Waals surface area contributed by atoms with E-state index < -0.39 is 10.0 Å². The summed E-state index contributed by atoms with van der Waals surface area (Å²) in [6, 6.07) is 7.58. The zero-order valence-corrected chi connectivity index (χ0v) is 16.1. The molecule has 1 aromatic rings. The highest BCUT2D eigenvalue weighted by Crippen LogP contribution is 2.22. The number of carbonyl (C=O) groups excluding carboxylic acids is 1. The normalized spacial score (nSPS) is 22.4. The number of piperidine rings is 1. The molecular formula is C19H28N2O4S. The van der Waals surface area contributed by atoms with Gasteiger partial charge in [0.15, 0.2) is 0 Å². The number of hydrogen-bond donors (Lipinski definition) is 1.